The predicted octanol–water partition coefficient (Wildman–Crippen LogP) is 2.07. The number of nitrogens with one attached hydrogen (secondary N) is 1. The quantitative estimate of drug-likeness (QED) is 0.507. The normalized spacial score (nSPS) is 11.6. The summed E-state index contributed by atoms with van der Waals surface area (Å²) in [7, 11) is 0. The van der Waals surface area contributed by atoms with E-state index in [9.17, 15) is 14.4 Å². The van der Waals surface area contributed by atoms with Gasteiger partial charge in [-0.25, -0.2) is 4.79 Å². The Morgan fingerprint density at radius 3 is 2.43 bits per heavy atom. The number of ketones is 1. The number of esters is 1. The van der Waals surface area contributed by atoms with Crippen LogP contribution in [0.2, 0.25) is 0 Å². The van der Waals surface area contributed by atoms with E-state index in [0.29, 0.717) is 17.1 Å². The van der Waals surface area contributed by atoms with Crippen molar-refractivity contribution < 1.29 is 28.6 Å². The summed E-state index contributed by atoms with van der Waals surface area (Å²) >= 11 is 0. The maximum atomic E-state index is 11.9. The van der Waals surface area contributed by atoms with Gasteiger partial charge in [-0.2, -0.15) is 0 Å². The van der Waals surface area contributed by atoms with Crippen molar-refractivity contribution in [2.75, 3.05) is 18.7 Å². The minimum absolute atomic E-state index is 0.0599. The van der Waals surface area contributed by atoms with Gasteiger partial charge in [0.05, 0.1) is 5.69 Å². The largest absolute Gasteiger partial charge is 0.454 e. The van der Waals surface area contributed by atoms with E-state index in [1.165, 1.54) is 25.1 Å². The number of hydrogen-bond donors (Lipinski definition) is 1. The molecule has 122 valence electrons. The third-order valence-electron chi connectivity index (χ3n) is 2.92. The second-order valence-electron chi connectivity index (χ2n) is 5.18. The number of ether oxygens (including phenoxy) is 3. The molecule has 2 rings (SSSR count). The summed E-state index contributed by atoms with van der Waals surface area (Å²) in [5, 5.41) is 2.54. The Bertz CT molecular complexity index is 688. The Labute approximate surface area is 133 Å². The van der Waals surface area contributed by atoms with E-state index < -0.39 is 18.5 Å². The summed E-state index contributed by atoms with van der Waals surface area (Å²) < 4.78 is 15.2. The molecule has 0 aromatic heterocycles. The molecule has 0 unspecified atom stereocenters. The maximum Gasteiger partial charge on any atom is 0.331 e. The molecule has 7 heteroatoms. The zero-order valence-electron chi connectivity index (χ0n) is 13.1. The number of Topliss-reactive ketones (excluding diaryl/α,β-unsaturated/α-hetero) is 1. The molecular weight excluding hydrogens is 302 g/mol. The predicted molar refractivity (Wildman–Crippen MR) is 81.6 cm³/mol. The molecule has 1 aromatic rings. The van der Waals surface area contributed by atoms with E-state index in [0.717, 1.165) is 5.57 Å². The molecule has 0 aliphatic carbocycles. The summed E-state index contributed by atoms with van der Waals surface area (Å²) in [6.45, 7) is 4.47. The van der Waals surface area contributed by atoms with Gasteiger partial charge in [0.15, 0.2) is 23.9 Å². The number of hydrogen-bond acceptors (Lipinski definition) is 6. The van der Waals surface area contributed by atoms with Crippen LogP contribution in [-0.2, 0) is 14.3 Å². The first-order chi connectivity index (χ1) is 10.9. The first-order valence-corrected chi connectivity index (χ1v) is 6.93. The van der Waals surface area contributed by atoms with Crippen LogP contribution in [0.15, 0.2) is 23.8 Å². The molecule has 7 nitrogen and oxygen atoms in total. The third-order valence-corrected chi connectivity index (χ3v) is 2.92. The average Bonchev–Trinajstić information content (AvgIpc) is 2.90. The van der Waals surface area contributed by atoms with Gasteiger partial charge in [0.25, 0.3) is 5.91 Å². The van der Waals surface area contributed by atoms with Gasteiger partial charge in [-0.1, -0.05) is 5.57 Å². The van der Waals surface area contributed by atoms with Gasteiger partial charge in [0, 0.05) is 17.7 Å². The van der Waals surface area contributed by atoms with Crippen molar-refractivity contribution >= 4 is 23.3 Å². The zero-order valence-corrected chi connectivity index (χ0v) is 13.1. The lowest BCUT2D eigenvalue weighted by Crippen LogP contribution is -2.21. The summed E-state index contributed by atoms with van der Waals surface area (Å²) in [6.07, 6.45) is 1.29. The number of rotatable bonds is 5. The second kappa shape index (κ2) is 6.95. The van der Waals surface area contributed by atoms with Gasteiger partial charge >= 0.3 is 5.97 Å². The summed E-state index contributed by atoms with van der Waals surface area (Å²) in [5.74, 6) is -0.505. The molecule has 0 saturated carbocycles. The van der Waals surface area contributed by atoms with Crippen LogP contribution in [-0.4, -0.2) is 31.1 Å². The van der Waals surface area contributed by atoms with Gasteiger partial charge in [-0.05, 0) is 26.8 Å². The Hall–Kier alpha value is -2.83. The molecule has 1 N–H and O–H groups in total. The first kappa shape index (κ1) is 16.5. The number of benzene rings is 1. The number of amides is 1. The van der Waals surface area contributed by atoms with Gasteiger partial charge in [0.1, 0.15) is 0 Å². The van der Waals surface area contributed by atoms with Crippen LogP contribution in [0.3, 0.4) is 0 Å². The molecule has 0 saturated heterocycles. The minimum atomic E-state index is -0.599. The SMILES string of the molecule is CC(=O)c1cc2c(cc1NC(=O)COC(=O)C=C(C)C)OCO2. The van der Waals surface area contributed by atoms with Crippen LogP contribution >= 0.6 is 0 Å². The average molecular weight is 319 g/mol. The lowest BCUT2D eigenvalue weighted by Gasteiger charge is -2.10. The van der Waals surface area contributed by atoms with Gasteiger partial charge in [-0.15, -0.1) is 0 Å². The van der Waals surface area contributed by atoms with E-state index in [1.54, 1.807) is 13.8 Å². The fourth-order valence-corrected chi connectivity index (χ4v) is 1.94. The number of anilines is 1. The zero-order chi connectivity index (χ0) is 17.0. The van der Waals surface area contributed by atoms with Crippen molar-refractivity contribution in [3.05, 3.63) is 29.3 Å². The first-order valence-electron chi connectivity index (χ1n) is 6.93. The minimum Gasteiger partial charge on any atom is -0.454 e. The van der Waals surface area contributed by atoms with Gasteiger partial charge < -0.3 is 19.5 Å². The van der Waals surface area contributed by atoms with Crippen LogP contribution in [0.4, 0.5) is 5.69 Å². The molecule has 0 atom stereocenters. The Balaban J connectivity index is 2.07. The highest BCUT2D eigenvalue weighted by Crippen LogP contribution is 2.37. The molecule has 1 amide bonds. The molecule has 0 spiro atoms. The second-order valence-corrected chi connectivity index (χ2v) is 5.18. The molecule has 1 heterocycles. The van der Waals surface area contributed by atoms with Crippen LogP contribution in [0.1, 0.15) is 31.1 Å². The number of allylic oxidation sites excluding steroid dienone is 1. The Morgan fingerprint density at radius 2 is 1.83 bits per heavy atom. The highest BCUT2D eigenvalue weighted by molar-refractivity contribution is 6.05. The van der Waals surface area contributed by atoms with Crippen molar-refractivity contribution in [1.29, 1.82) is 0 Å². The molecular formula is C16H17NO6. The number of carbonyl (C=O) groups excluding carboxylic acids is 3. The highest BCUT2D eigenvalue weighted by Gasteiger charge is 2.20. The van der Waals surface area contributed by atoms with E-state index in [2.05, 4.69) is 5.32 Å². The van der Waals surface area contributed by atoms with Crippen molar-refractivity contribution in [2.24, 2.45) is 0 Å². The molecule has 1 aliphatic heterocycles. The van der Waals surface area contributed by atoms with Crippen LogP contribution in [0, 0.1) is 0 Å². The number of fused-ring (bicyclic) bond motifs is 1. The summed E-state index contributed by atoms with van der Waals surface area (Å²) in [5.41, 5.74) is 1.34. The van der Waals surface area contributed by atoms with E-state index in [-0.39, 0.29) is 18.3 Å². The van der Waals surface area contributed by atoms with E-state index in [4.69, 9.17) is 14.2 Å². The molecule has 0 radical (unpaired) electrons. The van der Waals surface area contributed by atoms with Crippen molar-refractivity contribution in [2.45, 2.75) is 20.8 Å². The van der Waals surface area contributed by atoms with Crippen molar-refractivity contribution in [1.82, 2.24) is 0 Å². The number of carbonyl (C=O) groups is 3. The fraction of sp³-hybridized carbons (Fsp3) is 0.312. The fourth-order valence-electron chi connectivity index (χ4n) is 1.94. The smallest absolute Gasteiger partial charge is 0.331 e. The monoisotopic (exact) mass is 319 g/mol. The Morgan fingerprint density at radius 1 is 1.17 bits per heavy atom. The standard InChI is InChI=1S/C16H17NO6/c1-9(2)4-16(20)21-7-15(19)17-12-6-14-13(22-8-23-14)5-11(12)10(3)18/h4-6H,7-8H2,1-3H3,(H,17,19). The molecule has 1 aromatic carbocycles. The van der Waals surface area contributed by atoms with E-state index in [1.807, 2.05) is 0 Å². The van der Waals surface area contributed by atoms with Crippen molar-refractivity contribution in [3.8, 4) is 11.5 Å². The maximum absolute atomic E-state index is 11.9. The van der Waals surface area contributed by atoms with Gasteiger partial charge in [-0.3, -0.25) is 9.59 Å². The van der Waals surface area contributed by atoms with Crippen LogP contribution in [0.25, 0.3) is 0 Å². The highest BCUT2D eigenvalue weighted by atomic mass is 16.7. The molecule has 1 aliphatic rings. The summed E-state index contributed by atoms with van der Waals surface area (Å²) in [6, 6.07) is 3.02. The topological polar surface area (TPSA) is 90.9 Å². The lowest BCUT2D eigenvalue weighted by atomic mass is 10.1. The van der Waals surface area contributed by atoms with E-state index >= 15 is 0 Å². The van der Waals surface area contributed by atoms with Gasteiger partial charge in [0.2, 0.25) is 6.79 Å². The third kappa shape index (κ3) is 4.32. The molecule has 0 fully saturated rings. The lowest BCUT2D eigenvalue weighted by molar-refractivity contribution is -0.142. The van der Waals surface area contributed by atoms with Crippen LogP contribution < -0.4 is 14.8 Å². The summed E-state index contributed by atoms with van der Waals surface area (Å²) in [4.78, 5) is 34.9. The Kier molecular flexibility index (Phi) is 5.00. The molecule has 23 heavy (non-hydrogen) atoms. The molecule has 0 bridgehead atoms. The van der Waals surface area contributed by atoms with Crippen molar-refractivity contribution in [3.63, 3.8) is 0 Å². The van der Waals surface area contributed by atoms with Crippen LogP contribution in [0.5, 0.6) is 11.5 Å².